The average molecular weight is 247 g/mol. The molecule has 0 aromatic heterocycles. The van der Waals surface area contributed by atoms with E-state index in [1.54, 1.807) is 0 Å². The summed E-state index contributed by atoms with van der Waals surface area (Å²) in [5, 5.41) is 4.18. The lowest BCUT2D eigenvalue weighted by Crippen LogP contribution is -2.49. The van der Waals surface area contributed by atoms with Crippen LogP contribution in [0.5, 0.6) is 0 Å². The van der Waals surface area contributed by atoms with E-state index < -0.39 is 0 Å². The summed E-state index contributed by atoms with van der Waals surface area (Å²) in [6, 6.07) is 8.64. The third-order valence-electron chi connectivity index (χ3n) is 2.66. The molecular weight excluding hydrogens is 231 g/mol. The number of nitrogens with zero attached hydrogens (tertiary/aromatic N) is 1. The maximum atomic E-state index is 5.86. The van der Waals surface area contributed by atoms with E-state index in [1.165, 1.54) is 5.69 Å². The highest BCUT2D eigenvalue weighted by Crippen LogP contribution is 2.20. The van der Waals surface area contributed by atoms with Crippen LogP contribution in [0.15, 0.2) is 24.3 Å². The zero-order valence-corrected chi connectivity index (χ0v) is 10.3. The van der Waals surface area contributed by atoms with Crippen molar-refractivity contribution in [1.82, 2.24) is 5.32 Å². The summed E-state index contributed by atoms with van der Waals surface area (Å²) < 4.78 is 0. The van der Waals surface area contributed by atoms with Crippen molar-refractivity contribution in [2.75, 3.05) is 24.5 Å². The third-order valence-corrected chi connectivity index (χ3v) is 2.91. The van der Waals surface area contributed by atoms with Gasteiger partial charge in [-0.1, -0.05) is 11.6 Å². The van der Waals surface area contributed by atoms with Gasteiger partial charge in [-0.25, -0.2) is 0 Å². The molecule has 1 fully saturated rings. The van der Waals surface area contributed by atoms with E-state index in [0.717, 1.165) is 24.7 Å². The number of hydrogen-bond acceptors (Lipinski definition) is 2. The van der Waals surface area contributed by atoms with E-state index in [0.29, 0.717) is 6.04 Å². The third kappa shape index (κ3) is 3.00. The van der Waals surface area contributed by atoms with Crippen molar-refractivity contribution in [3.63, 3.8) is 0 Å². The number of nitrogens with one attached hydrogen (secondary N) is 1. The number of anilines is 1. The summed E-state index contributed by atoms with van der Waals surface area (Å²) >= 11 is 5.86. The molecule has 1 N–H and O–H groups in total. The SMILES string of the molecule is C[C@@H]1CNCCN1c1ccc(Cl)cc1.Cl. The lowest BCUT2D eigenvalue weighted by Gasteiger charge is -2.35. The van der Waals surface area contributed by atoms with Crippen LogP contribution in [0.1, 0.15) is 6.92 Å². The van der Waals surface area contributed by atoms with Crippen LogP contribution in [-0.4, -0.2) is 25.7 Å². The van der Waals surface area contributed by atoms with Gasteiger partial charge >= 0.3 is 0 Å². The van der Waals surface area contributed by atoms with Crippen molar-refractivity contribution in [3.8, 4) is 0 Å². The minimum atomic E-state index is 0. The molecule has 1 aliphatic rings. The molecule has 1 aromatic rings. The second-order valence-corrected chi connectivity index (χ2v) is 4.16. The highest BCUT2D eigenvalue weighted by molar-refractivity contribution is 6.30. The molecule has 2 nitrogen and oxygen atoms in total. The Morgan fingerprint density at radius 3 is 2.60 bits per heavy atom. The maximum Gasteiger partial charge on any atom is 0.0407 e. The van der Waals surface area contributed by atoms with Gasteiger partial charge in [0.15, 0.2) is 0 Å². The second kappa shape index (κ2) is 5.59. The number of halogens is 2. The summed E-state index contributed by atoms with van der Waals surface area (Å²) in [7, 11) is 0. The smallest absolute Gasteiger partial charge is 0.0407 e. The molecule has 0 bridgehead atoms. The van der Waals surface area contributed by atoms with Gasteiger partial charge in [0.25, 0.3) is 0 Å². The lowest BCUT2D eigenvalue weighted by molar-refractivity contribution is 0.501. The Balaban J connectivity index is 0.00000112. The Labute approximate surface area is 102 Å². The van der Waals surface area contributed by atoms with Gasteiger partial charge in [0.05, 0.1) is 0 Å². The number of hydrogen-bond donors (Lipinski definition) is 1. The highest BCUT2D eigenvalue weighted by Gasteiger charge is 2.17. The standard InChI is InChI=1S/C11H15ClN2.ClH/c1-9-8-13-6-7-14(9)11-4-2-10(12)3-5-11;/h2-5,9,13H,6-8H2,1H3;1H/t9-;/m1./s1. The topological polar surface area (TPSA) is 15.3 Å². The van der Waals surface area contributed by atoms with Crippen LogP contribution < -0.4 is 10.2 Å². The zero-order valence-electron chi connectivity index (χ0n) is 8.74. The van der Waals surface area contributed by atoms with E-state index in [4.69, 9.17) is 11.6 Å². The summed E-state index contributed by atoms with van der Waals surface area (Å²) in [5.41, 5.74) is 1.27. The molecule has 0 unspecified atom stereocenters. The van der Waals surface area contributed by atoms with Crippen LogP contribution in [0.25, 0.3) is 0 Å². The van der Waals surface area contributed by atoms with Crippen molar-refractivity contribution < 1.29 is 0 Å². The fourth-order valence-electron chi connectivity index (χ4n) is 1.86. The first-order valence-electron chi connectivity index (χ1n) is 5.00. The summed E-state index contributed by atoms with van der Waals surface area (Å²) in [4.78, 5) is 2.41. The van der Waals surface area contributed by atoms with Crippen molar-refractivity contribution in [3.05, 3.63) is 29.3 Å². The predicted molar refractivity (Wildman–Crippen MR) is 68.4 cm³/mol. The van der Waals surface area contributed by atoms with E-state index >= 15 is 0 Å². The molecule has 15 heavy (non-hydrogen) atoms. The molecule has 1 saturated heterocycles. The normalized spacial score (nSPS) is 20.9. The molecule has 0 saturated carbocycles. The van der Waals surface area contributed by atoms with Crippen molar-refractivity contribution in [2.45, 2.75) is 13.0 Å². The van der Waals surface area contributed by atoms with Gasteiger partial charge in [-0.3, -0.25) is 0 Å². The Morgan fingerprint density at radius 2 is 2.00 bits per heavy atom. The summed E-state index contributed by atoms with van der Waals surface area (Å²) in [6.07, 6.45) is 0. The molecule has 0 radical (unpaired) electrons. The second-order valence-electron chi connectivity index (χ2n) is 3.72. The fourth-order valence-corrected chi connectivity index (χ4v) is 1.98. The molecular formula is C11H16Cl2N2. The Bertz CT molecular complexity index is 300. The fraction of sp³-hybridized carbons (Fsp3) is 0.455. The Morgan fingerprint density at radius 1 is 1.33 bits per heavy atom. The van der Waals surface area contributed by atoms with Crippen LogP contribution in [0.4, 0.5) is 5.69 Å². The van der Waals surface area contributed by atoms with Crippen LogP contribution in [-0.2, 0) is 0 Å². The highest BCUT2D eigenvalue weighted by atomic mass is 35.5. The van der Waals surface area contributed by atoms with Crippen LogP contribution >= 0.6 is 24.0 Å². The number of piperazine rings is 1. The molecule has 0 aliphatic carbocycles. The molecule has 1 aromatic carbocycles. The molecule has 2 rings (SSSR count). The van der Waals surface area contributed by atoms with E-state index in [2.05, 4.69) is 29.3 Å². The number of benzene rings is 1. The molecule has 1 aliphatic heterocycles. The van der Waals surface area contributed by atoms with Crippen molar-refractivity contribution in [1.29, 1.82) is 0 Å². The van der Waals surface area contributed by atoms with Gasteiger partial charge in [-0.05, 0) is 31.2 Å². The van der Waals surface area contributed by atoms with Crippen molar-refractivity contribution in [2.24, 2.45) is 0 Å². The zero-order chi connectivity index (χ0) is 9.97. The molecule has 84 valence electrons. The minimum absolute atomic E-state index is 0. The summed E-state index contributed by atoms with van der Waals surface area (Å²) in [5.74, 6) is 0. The van der Waals surface area contributed by atoms with Gasteiger partial charge in [-0.15, -0.1) is 12.4 Å². The van der Waals surface area contributed by atoms with Gasteiger partial charge in [0.2, 0.25) is 0 Å². The minimum Gasteiger partial charge on any atom is -0.366 e. The first-order valence-corrected chi connectivity index (χ1v) is 5.38. The molecule has 4 heteroatoms. The number of rotatable bonds is 1. The van der Waals surface area contributed by atoms with Crippen LogP contribution in [0.2, 0.25) is 5.02 Å². The van der Waals surface area contributed by atoms with Gasteiger partial charge in [0, 0.05) is 36.4 Å². The van der Waals surface area contributed by atoms with E-state index in [1.807, 2.05) is 12.1 Å². The Hall–Kier alpha value is -0.440. The van der Waals surface area contributed by atoms with Crippen LogP contribution in [0.3, 0.4) is 0 Å². The van der Waals surface area contributed by atoms with E-state index in [-0.39, 0.29) is 12.4 Å². The van der Waals surface area contributed by atoms with Crippen LogP contribution in [0, 0.1) is 0 Å². The average Bonchev–Trinajstić information content (AvgIpc) is 2.20. The quantitative estimate of drug-likeness (QED) is 0.820. The lowest BCUT2D eigenvalue weighted by atomic mass is 10.2. The monoisotopic (exact) mass is 246 g/mol. The Kier molecular flexibility index (Phi) is 4.71. The molecule has 0 amide bonds. The largest absolute Gasteiger partial charge is 0.366 e. The first kappa shape index (κ1) is 12.6. The first-order chi connectivity index (χ1) is 6.77. The molecule has 0 spiro atoms. The summed E-state index contributed by atoms with van der Waals surface area (Å²) in [6.45, 7) is 5.43. The van der Waals surface area contributed by atoms with Gasteiger partial charge < -0.3 is 10.2 Å². The predicted octanol–water partition coefficient (Wildman–Crippen LogP) is 2.56. The van der Waals surface area contributed by atoms with Crippen molar-refractivity contribution >= 4 is 29.7 Å². The van der Waals surface area contributed by atoms with E-state index in [9.17, 15) is 0 Å². The maximum absolute atomic E-state index is 5.86. The van der Waals surface area contributed by atoms with Gasteiger partial charge in [0.1, 0.15) is 0 Å². The molecule has 1 heterocycles. The molecule has 1 atom stereocenters. The van der Waals surface area contributed by atoms with Gasteiger partial charge in [-0.2, -0.15) is 0 Å².